The first kappa shape index (κ1) is 11.0. The number of ether oxygens (including phenoxy) is 1. The molecule has 0 aliphatic carbocycles. The van der Waals surface area contributed by atoms with Crippen molar-refractivity contribution in [1.29, 1.82) is 0 Å². The van der Waals surface area contributed by atoms with Gasteiger partial charge in [-0.25, -0.2) is 4.79 Å². The predicted octanol–water partition coefficient (Wildman–Crippen LogP) is 2.75. The van der Waals surface area contributed by atoms with E-state index in [1.807, 2.05) is 26.0 Å². The molecule has 1 N–H and O–H groups in total. The van der Waals surface area contributed by atoms with Crippen molar-refractivity contribution in [2.75, 3.05) is 0 Å². The van der Waals surface area contributed by atoms with Crippen molar-refractivity contribution in [3.05, 3.63) is 28.8 Å². The third kappa shape index (κ3) is 1.47. The number of cyclic esters (lactones) is 1. The first-order valence-corrected chi connectivity index (χ1v) is 5.59. The lowest BCUT2D eigenvalue weighted by Crippen LogP contribution is -2.30. The van der Waals surface area contributed by atoms with Crippen LogP contribution < -0.4 is 0 Å². The number of aromatic hydroxyl groups is 1. The maximum atomic E-state index is 11.8. The third-order valence-corrected chi connectivity index (χ3v) is 3.33. The minimum atomic E-state index is -0.402. The molecule has 2 rings (SSSR count). The summed E-state index contributed by atoms with van der Waals surface area (Å²) in [6.45, 7) is 5.79. The molecule has 0 unspecified atom stereocenters. The highest BCUT2D eigenvalue weighted by Crippen LogP contribution is 2.38. The molecule has 0 bridgehead atoms. The highest BCUT2D eigenvalue weighted by Gasteiger charge is 2.34. The Bertz CT molecular complexity index is 437. The molecule has 1 aliphatic heterocycles. The van der Waals surface area contributed by atoms with Gasteiger partial charge in [-0.15, -0.1) is 0 Å². The largest absolute Gasteiger partial charge is 0.507 e. The van der Waals surface area contributed by atoms with Crippen molar-refractivity contribution < 1.29 is 14.6 Å². The lowest BCUT2D eigenvalue weighted by atomic mass is 9.86. The van der Waals surface area contributed by atoms with Gasteiger partial charge in [0.1, 0.15) is 17.4 Å². The first-order chi connectivity index (χ1) is 7.56. The molecular formula is C13H16O3. The number of benzene rings is 1. The standard InChI is InChI=1S/C13H16O3/c1-4-10-8(3)9-6-5-7(2)12(14)11(9)13(15)16-10/h5-6,8,10,14H,4H2,1-3H3/t8-,10+/m1/s1. The average Bonchev–Trinajstić information content (AvgIpc) is 2.27. The van der Waals surface area contributed by atoms with Crippen LogP contribution in [0.4, 0.5) is 0 Å². The van der Waals surface area contributed by atoms with Crippen molar-refractivity contribution >= 4 is 5.97 Å². The smallest absolute Gasteiger partial charge is 0.342 e. The monoisotopic (exact) mass is 220 g/mol. The van der Waals surface area contributed by atoms with E-state index in [0.29, 0.717) is 11.1 Å². The summed E-state index contributed by atoms with van der Waals surface area (Å²) in [4.78, 5) is 11.8. The van der Waals surface area contributed by atoms with Crippen LogP contribution in [0.3, 0.4) is 0 Å². The van der Waals surface area contributed by atoms with Crippen molar-refractivity contribution in [3.8, 4) is 5.75 Å². The number of rotatable bonds is 1. The summed E-state index contributed by atoms with van der Waals surface area (Å²) >= 11 is 0. The van der Waals surface area contributed by atoms with Gasteiger partial charge in [-0.3, -0.25) is 0 Å². The molecule has 1 heterocycles. The number of carbonyl (C=O) groups is 1. The number of esters is 1. The maximum absolute atomic E-state index is 11.8. The van der Waals surface area contributed by atoms with Gasteiger partial charge in [0, 0.05) is 5.92 Å². The second-order valence-corrected chi connectivity index (χ2v) is 4.34. The summed E-state index contributed by atoms with van der Waals surface area (Å²) in [7, 11) is 0. The fraction of sp³-hybridized carbons (Fsp3) is 0.462. The van der Waals surface area contributed by atoms with Crippen molar-refractivity contribution in [2.24, 2.45) is 0 Å². The average molecular weight is 220 g/mol. The molecule has 1 aliphatic rings. The fourth-order valence-corrected chi connectivity index (χ4v) is 2.24. The summed E-state index contributed by atoms with van der Waals surface area (Å²) in [6.07, 6.45) is 0.711. The van der Waals surface area contributed by atoms with E-state index in [4.69, 9.17) is 4.74 Å². The quantitative estimate of drug-likeness (QED) is 0.740. The molecule has 16 heavy (non-hydrogen) atoms. The van der Waals surface area contributed by atoms with Crippen LogP contribution in [0, 0.1) is 6.92 Å². The Hall–Kier alpha value is -1.51. The SMILES string of the molecule is CC[C@@H]1OC(=O)c2c(ccc(C)c2O)[C@H]1C. The van der Waals surface area contributed by atoms with E-state index < -0.39 is 5.97 Å². The lowest BCUT2D eigenvalue weighted by Gasteiger charge is -2.30. The molecule has 3 nitrogen and oxygen atoms in total. The Morgan fingerprint density at radius 1 is 1.44 bits per heavy atom. The highest BCUT2D eigenvalue weighted by molar-refractivity contribution is 5.96. The van der Waals surface area contributed by atoms with Crippen LogP contribution in [-0.2, 0) is 4.74 Å². The van der Waals surface area contributed by atoms with Crippen molar-refractivity contribution in [3.63, 3.8) is 0 Å². The predicted molar refractivity (Wildman–Crippen MR) is 60.8 cm³/mol. The van der Waals surface area contributed by atoms with Crippen LogP contribution in [0.1, 0.15) is 47.7 Å². The molecule has 0 radical (unpaired) electrons. The molecule has 3 heteroatoms. The Kier molecular flexibility index (Phi) is 2.62. The number of carbonyl (C=O) groups excluding carboxylic acids is 1. The normalized spacial score (nSPS) is 23.8. The summed E-state index contributed by atoms with van der Waals surface area (Å²) in [5.41, 5.74) is 1.95. The van der Waals surface area contributed by atoms with Gasteiger partial charge in [0.25, 0.3) is 0 Å². The molecule has 0 saturated heterocycles. The zero-order valence-electron chi connectivity index (χ0n) is 9.78. The number of aryl methyl sites for hydroxylation is 1. The lowest BCUT2D eigenvalue weighted by molar-refractivity contribution is 0.0176. The Morgan fingerprint density at radius 2 is 2.12 bits per heavy atom. The van der Waals surface area contributed by atoms with Gasteiger partial charge in [-0.1, -0.05) is 26.0 Å². The maximum Gasteiger partial charge on any atom is 0.342 e. The molecule has 0 fully saturated rings. The van der Waals surface area contributed by atoms with Gasteiger partial charge in [0.15, 0.2) is 0 Å². The fourth-order valence-electron chi connectivity index (χ4n) is 2.24. The van der Waals surface area contributed by atoms with Crippen LogP contribution in [0.25, 0.3) is 0 Å². The summed E-state index contributed by atoms with van der Waals surface area (Å²) < 4.78 is 5.31. The van der Waals surface area contributed by atoms with Crippen LogP contribution >= 0.6 is 0 Å². The number of phenolic OH excluding ortho intramolecular Hbond substituents is 1. The molecule has 86 valence electrons. The summed E-state index contributed by atoms with van der Waals surface area (Å²) in [6, 6.07) is 3.76. The van der Waals surface area contributed by atoms with Gasteiger partial charge in [-0.2, -0.15) is 0 Å². The second kappa shape index (κ2) is 3.81. The molecular weight excluding hydrogens is 204 g/mol. The molecule has 0 amide bonds. The van der Waals surface area contributed by atoms with Crippen LogP contribution in [0.5, 0.6) is 5.75 Å². The molecule has 2 atom stereocenters. The van der Waals surface area contributed by atoms with Gasteiger partial charge >= 0.3 is 5.97 Å². The van der Waals surface area contributed by atoms with E-state index >= 15 is 0 Å². The molecule has 0 spiro atoms. The molecule has 0 saturated carbocycles. The third-order valence-electron chi connectivity index (χ3n) is 3.33. The van der Waals surface area contributed by atoms with E-state index in [2.05, 4.69) is 0 Å². The summed E-state index contributed by atoms with van der Waals surface area (Å²) in [5.74, 6) is -0.200. The van der Waals surface area contributed by atoms with Gasteiger partial charge in [0.05, 0.1) is 0 Å². The van der Waals surface area contributed by atoms with E-state index in [1.54, 1.807) is 6.92 Å². The topological polar surface area (TPSA) is 46.5 Å². The molecule has 1 aromatic rings. The van der Waals surface area contributed by atoms with E-state index in [-0.39, 0.29) is 17.8 Å². The number of phenols is 1. The van der Waals surface area contributed by atoms with Gasteiger partial charge in [0.2, 0.25) is 0 Å². The Balaban J connectivity index is 2.58. The highest BCUT2D eigenvalue weighted by atomic mass is 16.5. The number of fused-ring (bicyclic) bond motifs is 1. The molecule has 0 aromatic heterocycles. The van der Waals surface area contributed by atoms with Crippen LogP contribution in [0.15, 0.2) is 12.1 Å². The minimum absolute atomic E-state index is 0.0592. The van der Waals surface area contributed by atoms with Crippen LogP contribution in [0.2, 0.25) is 0 Å². The number of hydrogen-bond donors (Lipinski definition) is 1. The summed E-state index contributed by atoms with van der Waals surface area (Å²) in [5, 5.41) is 9.89. The van der Waals surface area contributed by atoms with Gasteiger partial charge in [-0.05, 0) is 24.5 Å². The molecule has 1 aromatic carbocycles. The zero-order chi connectivity index (χ0) is 11.9. The van der Waals surface area contributed by atoms with E-state index in [9.17, 15) is 9.90 Å². The minimum Gasteiger partial charge on any atom is -0.507 e. The Labute approximate surface area is 95.0 Å². The number of hydrogen-bond acceptors (Lipinski definition) is 3. The van der Waals surface area contributed by atoms with Crippen molar-refractivity contribution in [2.45, 2.75) is 39.2 Å². The van der Waals surface area contributed by atoms with Crippen LogP contribution in [-0.4, -0.2) is 17.2 Å². The second-order valence-electron chi connectivity index (χ2n) is 4.34. The zero-order valence-corrected chi connectivity index (χ0v) is 9.78. The Morgan fingerprint density at radius 3 is 2.75 bits per heavy atom. The van der Waals surface area contributed by atoms with E-state index in [0.717, 1.165) is 12.0 Å². The van der Waals surface area contributed by atoms with Gasteiger partial charge < -0.3 is 9.84 Å². The first-order valence-electron chi connectivity index (χ1n) is 5.59. The van der Waals surface area contributed by atoms with Crippen molar-refractivity contribution in [1.82, 2.24) is 0 Å². The van der Waals surface area contributed by atoms with E-state index in [1.165, 1.54) is 0 Å².